The van der Waals surface area contributed by atoms with Gasteiger partial charge in [-0.1, -0.05) is 135 Å². The molecular weight excluding hydrogens is 1560 g/mol. The minimum atomic E-state index is -0.665. The monoisotopic (exact) mass is 1660 g/mol. The summed E-state index contributed by atoms with van der Waals surface area (Å²) in [6.45, 7) is 17.0. The second-order valence-electron chi connectivity index (χ2n) is 34.3. The number of anilines is 3. The Kier molecular flexibility index (Phi) is 22.5. The molecule has 0 bridgehead atoms. The van der Waals surface area contributed by atoms with Gasteiger partial charge >= 0.3 is 17.3 Å². The molecule has 4 aliphatic carbocycles. The van der Waals surface area contributed by atoms with Gasteiger partial charge in [-0.3, -0.25) is 43.5 Å². The number of fused-ring (bicyclic) bond motifs is 3. The van der Waals surface area contributed by atoms with Gasteiger partial charge in [0.1, 0.15) is 22.9 Å². The third kappa shape index (κ3) is 16.5. The molecule has 7 fully saturated rings. The van der Waals surface area contributed by atoms with Gasteiger partial charge in [-0.2, -0.15) is 0 Å². The predicted octanol–water partition coefficient (Wildman–Crippen LogP) is 18.4. The summed E-state index contributed by atoms with van der Waals surface area (Å²) >= 11 is 19.2. The second kappa shape index (κ2) is 33.7. The summed E-state index contributed by atoms with van der Waals surface area (Å²) in [5.74, 6) is 6.80. The quantitative estimate of drug-likeness (QED) is 0.0762. The number of hydrogen-bond acceptors (Lipinski definition) is 21. The molecule has 13 aromatic rings. The zero-order valence-corrected chi connectivity index (χ0v) is 69.3. The summed E-state index contributed by atoms with van der Waals surface area (Å²) in [5.41, 5.74) is 11.6. The fraction of sp³-hybridized carbons (Fsp3) is 0.483. The van der Waals surface area contributed by atoms with Crippen molar-refractivity contribution in [3.05, 3.63) is 156 Å². The van der Waals surface area contributed by atoms with Crippen molar-refractivity contribution in [1.29, 1.82) is 0 Å². The number of nitrogens with one attached hydrogen (secondary N) is 3. The molecule has 4 atom stereocenters. The number of halogens is 4. The van der Waals surface area contributed by atoms with E-state index in [2.05, 4.69) is 108 Å². The minimum Gasteiger partial charge on any atom is -0.339 e. The molecule has 118 heavy (non-hydrogen) atoms. The second-order valence-corrected chi connectivity index (χ2v) is 35.6. The average molecular weight is 1660 g/mol. The van der Waals surface area contributed by atoms with Gasteiger partial charge in [-0.15, -0.1) is 0 Å². The lowest BCUT2D eigenvalue weighted by atomic mass is 9.83. The molecule has 0 amide bonds. The van der Waals surface area contributed by atoms with E-state index in [-0.39, 0.29) is 29.3 Å². The molecule has 0 radical (unpaired) electrons. The number of hydrogen-bond donors (Lipinski definition) is 3. The number of rotatable bonds is 17. The van der Waals surface area contributed by atoms with Gasteiger partial charge in [0.15, 0.2) is 0 Å². The Labute approximate surface area is 695 Å². The Morgan fingerprint density at radius 3 is 1.19 bits per heavy atom. The van der Waals surface area contributed by atoms with E-state index >= 15 is 4.39 Å². The van der Waals surface area contributed by atoms with Crippen molar-refractivity contribution >= 4 is 85.7 Å². The van der Waals surface area contributed by atoms with Crippen LogP contribution in [0.3, 0.4) is 0 Å². The summed E-state index contributed by atoms with van der Waals surface area (Å²) in [4.78, 5) is 94.1. The number of aromatic nitrogens is 18. The molecule has 4 unspecified atom stereocenters. The predicted molar refractivity (Wildman–Crippen MR) is 453 cm³/mol. The van der Waals surface area contributed by atoms with Gasteiger partial charge in [0.05, 0.1) is 71.3 Å². The van der Waals surface area contributed by atoms with E-state index in [9.17, 15) is 14.4 Å². The van der Waals surface area contributed by atoms with Crippen LogP contribution in [0.1, 0.15) is 175 Å². The molecule has 12 aromatic heterocycles. The fourth-order valence-corrected chi connectivity index (χ4v) is 19.7. The van der Waals surface area contributed by atoms with E-state index in [0.717, 1.165) is 169 Å². The third-order valence-corrected chi connectivity index (χ3v) is 26.6. The van der Waals surface area contributed by atoms with Gasteiger partial charge in [0.25, 0.3) is 0 Å². The van der Waals surface area contributed by atoms with Crippen LogP contribution < -0.4 is 32.0 Å². The first-order chi connectivity index (χ1) is 57.3. The molecule has 3 saturated heterocycles. The Morgan fingerprint density at radius 1 is 0.424 bits per heavy atom. The third-order valence-electron chi connectivity index (χ3n) is 26.0. The van der Waals surface area contributed by atoms with Crippen LogP contribution in [0, 0.1) is 53.2 Å². The molecule has 15 heterocycles. The van der Waals surface area contributed by atoms with Crippen LogP contribution >= 0.6 is 34.8 Å². The molecule has 3 aliphatic heterocycles. The van der Waals surface area contributed by atoms with Crippen molar-refractivity contribution in [2.45, 2.75) is 201 Å². The van der Waals surface area contributed by atoms with Crippen LogP contribution in [-0.2, 0) is 19.6 Å². The highest BCUT2D eigenvalue weighted by Gasteiger charge is 2.42. The Hall–Kier alpha value is -10.5. The number of imidazole rings is 3. The van der Waals surface area contributed by atoms with Crippen molar-refractivity contribution < 1.29 is 18.0 Å². The maximum atomic E-state index is 15.2. The fourth-order valence-electron chi connectivity index (χ4n) is 19.2. The molecule has 1 aromatic carbocycles. The van der Waals surface area contributed by atoms with Crippen molar-refractivity contribution in [2.75, 3.05) is 34.3 Å². The Morgan fingerprint density at radius 2 is 0.822 bits per heavy atom. The van der Waals surface area contributed by atoms with E-state index in [0.29, 0.717) is 90.4 Å². The zero-order chi connectivity index (χ0) is 81.0. The SMILES string of the molecule is CC1CCC(Cn2c(N3CCC(C)C3C)nc3cc(-c4noc(=O)[nH]4)nc(-c4cncc(Cl)c4)c32)CC1.CC1CCC(Cn2c(N3CCCC3C3CC3)nc3cc(-c4noc(=O)[nH]4)nc(-c4cncc(Cl)c4)c32)CC1.CC1CCC(Cn2c(N3CCCCC3c3ccccc3F)nc3cc(-c4noc(=O)[nH]4)nc(-c4cncc(Cl)c4)c32)CC1. The van der Waals surface area contributed by atoms with Crippen LogP contribution in [-0.4, -0.2) is 121 Å². The maximum absolute atomic E-state index is 15.2. The molecule has 4 saturated carbocycles. The number of nitrogens with zero attached hydrogens (tertiary/aromatic N) is 18. The first kappa shape index (κ1) is 78.7. The first-order valence-corrected chi connectivity index (χ1v) is 43.3. The summed E-state index contributed by atoms with van der Waals surface area (Å²) in [5, 5.41) is 13.2. The summed E-state index contributed by atoms with van der Waals surface area (Å²) in [6, 6.07) is 19.0. The largest absolute Gasteiger partial charge is 0.439 e. The summed E-state index contributed by atoms with van der Waals surface area (Å²) in [7, 11) is 0. The van der Waals surface area contributed by atoms with Gasteiger partial charge < -0.3 is 28.4 Å². The number of aromatic amines is 3. The number of benzene rings is 1. The minimum absolute atomic E-state index is 0.146. The van der Waals surface area contributed by atoms with Crippen molar-refractivity contribution in [2.24, 2.45) is 47.3 Å². The van der Waals surface area contributed by atoms with E-state index in [1.807, 2.05) is 48.5 Å². The highest BCUT2D eigenvalue weighted by molar-refractivity contribution is 6.31. The molecule has 3 N–H and O–H groups in total. The van der Waals surface area contributed by atoms with E-state index in [1.165, 1.54) is 96.0 Å². The van der Waals surface area contributed by atoms with Crippen LogP contribution in [0.4, 0.5) is 22.2 Å². The van der Waals surface area contributed by atoms with E-state index in [4.69, 9.17) is 78.3 Å². The standard InChI is InChI=1S/C32H33ClFN7O2.C28H32ClN7O2.C27H32ClN7O2/c1-19-9-11-20(12-10-19)18-41-29-25(37-31(41)40-13-5-4-8-27(40)23-6-2-3-7-24(23)34)15-26(30-38-32(42)43-39-30)36-28(29)21-14-22(33)17-35-16-21;1-16-4-6-17(7-5-16)15-36-25-21(32-27(36)35-10-2-3-23(35)18-8-9-18)12-22(26-33-28(37)38-34-26)31-24(25)19-11-20(29)14-30-13-19;1-15-4-6-18(7-5-15)14-35-24-21(31-26(35)34-9-8-16(2)17(34)3)11-22(25-32-27(36)37-33-25)30-23(24)19-10-20(28)13-29-12-19/h2-3,6-7,14-17,19-20,27H,4-5,8-13,18H2,1H3,(H,38,39,42);11-14,16-18,23H,2-10,15H2,1H3,(H,33,34,37);10-13,15-18H,4-9,14H2,1-3H3,(H,32,33,36). The lowest BCUT2D eigenvalue weighted by Gasteiger charge is -2.38. The molecule has 31 heteroatoms. The average Bonchev–Trinajstić information content (AvgIpc) is 1.59. The number of pyridine rings is 6. The zero-order valence-electron chi connectivity index (χ0n) is 67.0. The molecule has 20 rings (SSSR count). The van der Waals surface area contributed by atoms with Gasteiger partial charge in [-0.05, 0) is 187 Å². The van der Waals surface area contributed by atoms with Gasteiger partial charge in [0, 0.05) is 111 Å². The number of H-pyrrole nitrogens is 3. The van der Waals surface area contributed by atoms with E-state index < -0.39 is 17.3 Å². The van der Waals surface area contributed by atoms with Crippen LogP contribution in [0.2, 0.25) is 15.1 Å². The lowest BCUT2D eigenvalue weighted by Crippen LogP contribution is -2.36. The van der Waals surface area contributed by atoms with Gasteiger partial charge in [-0.25, -0.2) is 48.7 Å². The van der Waals surface area contributed by atoms with Crippen LogP contribution in [0.5, 0.6) is 0 Å². The Bertz CT molecular complexity index is 5980. The van der Waals surface area contributed by atoms with Crippen LogP contribution in [0.15, 0.2) is 126 Å². The Balaban J connectivity index is 0.000000122. The van der Waals surface area contributed by atoms with Crippen molar-refractivity contribution in [3.63, 3.8) is 0 Å². The normalized spacial score (nSPS) is 23.0. The van der Waals surface area contributed by atoms with Gasteiger partial charge in [0.2, 0.25) is 35.3 Å². The maximum Gasteiger partial charge on any atom is 0.439 e. The highest BCUT2D eigenvalue weighted by atomic mass is 35.5. The van der Waals surface area contributed by atoms with Crippen molar-refractivity contribution in [3.8, 4) is 68.3 Å². The topological polar surface area (TPSA) is 317 Å². The smallest absolute Gasteiger partial charge is 0.339 e. The number of piperidine rings is 1. The molecule has 7 aliphatic rings. The lowest BCUT2D eigenvalue weighted by molar-refractivity contribution is 0.266. The molecule has 614 valence electrons. The molecular formula is C87H97Cl3FN21O6. The highest BCUT2D eigenvalue weighted by Crippen LogP contribution is 2.47. The van der Waals surface area contributed by atoms with Crippen LogP contribution in [0.25, 0.3) is 101 Å². The molecule has 27 nitrogen and oxygen atoms in total. The summed E-state index contributed by atoms with van der Waals surface area (Å²) in [6.07, 6.45) is 33.7. The van der Waals surface area contributed by atoms with Crippen molar-refractivity contribution in [1.82, 2.24) is 89.0 Å². The first-order valence-electron chi connectivity index (χ1n) is 42.1. The van der Waals surface area contributed by atoms with E-state index in [1.54, 1.807) is 43.2 Å². The summed E-state index contributed by atoms with van der Waals surface area (Å²) < 4.78 is 36.7. The molecule has 0 spiro atoms.